The van der Waals surface area contributed by atoms with E-state index in [0.29, 0.717) is 17.8 Å². The van der Waals surface area contributed by atoms with Crippen LogP contribution in [0, 0.1) is 5.41 Å². The van der Waals surface area contributed by atoms with Crippen molar-refractivity contribution in [1.29, 1.82) is 0 Å². The third-order valence-electron chi connectivity index (χ3n) is 4.15. The molecular weight excluding hydrogens is 268 g/mol. The van der Waals surface area contributed by atoms with Crippen LogP contribution in [0.5, 0.6) is 0 Å². The first-order chi connectivity index (χ1) is 10.0. The third kappa shape index (κ3) is 4.04. The zero-order chi connectivity index (χ0) is 15.3. The minimum atomic E-state index is -0.310. The molecule has 21 heavy (non-hydrogen) atoms. The van der Waals surface area contributed by atoms with Crippen molar-refractivity contribution in [3.8, 4) is 0 Å². The van der Waals surface area contributed by atoms with E-state index in [1.54, 1.807) is 24.3 Å². The molecule has 0 heterocycles. The van der Waals surface area contributed by atoms with Crippen LogP contribution < -0.4 is 10.6 Å². The Kier molecular flexibility index (Phi) is 4.96. The van der Waals surface area contributed by atoms with E-state index in [-0.39, 0.29) is 23.8 Å². The number of anilines is 1. The van der Waals surface area contributed by atoms with Gasteiger partial charge in [-0.2, -0.15) is 0 Å². The van der Waals surface area contributed by atoms with Crippen LogP contribution in [0.1, 0.15) is 43.0 Å². The number of carbonyl (C=O) groups is 2. The Bertz CT molecular complexity index is 522. The summed E-state index contributed by atoms with van der Waals surface area (Å²) in [5, 5.41) is 15.0. The number of aliphatic hydroxyl groups excluding tert-OH is 1. The number of benzene rings is 1. The fourth-order valence-corrected chi connectivity index (χ4v) is 2.77. The predicted octanol–water partition coefficient (Wildman–Crippen LogP) is 2.56. The Morgan fingerprint density at radius 2 is 2.00 bits per heavy atom. The Morgan fingerprint density at radius 1 is 1.29 bits per heavy atom. The number of Topliss-reactive ketones (excluding diaryl/α,β-unsaturated/α-hetero) is 1. The molecule has 1 aromatic carbocycles. The second-order valence-corrected chi connectivity index (χ2v) is 5.81. The van der Waals surface area contributed by atoms with Gasteiger partial charge >= 0.3 is 6.03 Å². The fourth-order valence-electron chi connectivity index (χ4n) is 2.77. The Labute approximate surface area is 124 Å². The minimum Gasteiger partial charge on any atom is -0.396 e. The van der Waals surface area contributed by atoms with Gasteiger partial charge in [0.25, 0.3) is 0 Å². The smallest absolute Gasteiger partial charge is 0.319 e. The number of urea groups is 1. The summed E-state index contributed by atoms with van der Waals surface area (Å²) in [6.07, 6.45) is 4.10. The Hall–Kier alpha value is -1.88. The molecule has 0 unspecified atom stereocenters. The molecule has 0 spiro atoms. The molecule has 114 valence electrons. The number of hydrogen-bond acceptors (Lipinski definition) is 3. The van der Waals surface area contributed by atoms with Crippen LogP contribution in [-0.2, 0) is 0 Å². The van der Waals surface area contributed by atoms with Gasteiger partial charge in [-0.1, -0.05) is 25.0 Å². The van der Waals surface area contributed by atoms with Crippen molar-refractivity contribution in [2.24, 2.45) is 5.41 Å². The highest BCUT2D eigenvalue weighted by atomic mass is 16.3. The average Bonchev–Trinajstić information content (AvgIpc) is 2.95. The number of amides is 2. The third-order valence-corrected chi connectivity index (χ3v) is 4.15. The van der Waals surface area contributed by atoms with Gasteiger partial charge in [0.1, 0.15) is 0 Å². The van der Waals surface area contributed by atoms with Crippen LogP contribution >= 0.6 is 0 Å². The largest absolute Gasteiger partial charge is 0.396 e. The molecule has 5 heteroatoms. The number of aliphatic hydroxyl groups is 1. The molecule has 1 aromatic rings. The van der Waals surface area contributed by atoms with E-state index in [9.17, 15) is 14.7 Å². The van der Waals surface area contributed by atoms with Crippen molar-refractivity contribution >= 4 is 17.5 Å². The summed E-state index contributed by atoms with van der Waals surface area (Å²) >= 11 is 0. The molecule has 0 bridgehead atoms. The van der Waals surface area contributed by atoms with Crippen molar-refractivity contribution < 1.29 is 14.7 Å². The van der Waals surface area contributed by atoms with E-state index < -0.39 is 0 Å². The van der Waals surface area contributed by atoms with Gasteiger partial charge in [0.05, 0.1) is 6.61 Å². The standard InChI is InChI=1S/C16H22N2O3/c1-12(20)13-5-4-6-14(9-13)18-15(21)17-10-16(11-19)7-2-3-8-16/h4-6,9,19H,2-3,7-8,10-11H2,1H3,(H2,17,18,21). The predicted molar refractivity (Wildman–Crippen MR) is 81.5 cm³/mol. The van der Waals surface area contributed by atoms with Gasteiger partial charge < -0.3 is 15.7 Å². The normalized spacial score (nSPS) is 16.5. The zero-order valence-corrected chi connectivity index (χ0v) is 12.3. The molecule has 2 rings (SSSR count). The average molecular weight is 290 g/mol. The van der Waals surface area contributed by atoms with E-state index in [1.807, 2.05) is 0 Å². The van der Waals surface area contributed by atoms with Crippen LogP contribution in [-0.4, -0.2) is 30.1 Å². The molecule has 0 saturated heterocycles. The number of carbonyl (C=O) groups excluding carboxylic acids is 2. The van der Waals surface area contributed by atoms with Gasteiger partial charge in [-0.15, -0.1) is 0 Å². The molecule has 1 fully saturated rings. The van der Waals surface area contributed by atoms with E-state index in [2.05, 4.69) is 10.6 Å². The van der Waals surface area contributed by atoms with E-state index in [0.717, 1.165) is 25.7 Å². The summed E-state index contributed by atoms with van der Waals surface area (Å²) in [5.74, 6) is -0.0377. The van der Waals surface area contributed by atoms with Gasteiger partial charge in [0.2, 0.25) is 0 Å². The number of nitrogens with one attached hydrogen (secondary N) is 2. The summed E-state index contributed by atoms with van der Waals surface area (Å²) in [4.78, 5) is 23.2. The lowest BCUT2D eigenvalue weighted by Crippen LogP contribution is -2.40. The highest BCUT2D eigenvalue weighted by Gasteiger charge is 2.33. The molecule has 0 atom stereocenters. The molecule has 3 N–H and O–H groups in total. The molecule has 2 amide bonds. The summed E-state index contributed by atoms with van der Waals surface area (Å²) in [5.41, 5.74) is 0.985. The van der Waals surface area contributed by atoms with Crippen LogP contribution in [0.15, 0.2) is 24.3 Å². The van der Waals surface area contributed by atoms with Crippen molar-refractivity contribution in [1.82, 2.24) is 5.32 Å². The lowest BCUT2D eigenvalue weighted by molar-refractivity contribution is 0.101. The lowest BCUT2D eigenvalue weighted by atomic mass is 9.87. The first-order valence-electron chi connectivity index (χ1n) is 7.31. The summed E-state index contributed by atoms with van der Waals surface area (Å²) < 4.78 is 0. The summed E-state index contributed by atoms with van der Waals surface area (Å²) in [6, 6.07) is 6.53. The SMILES string of the molecule is CC(=O)c1cccc(NC(=O)NCC2(CO)CCCC2)c1. The topological polar surface area (TPSA) is 78.4 Å². The van der Waals surface area contributed by atoms with Crippen LogP contribution in [0.2, 0.25) is 0 Å². The molecule has 0 aliphatic heterocycles. The van der Waals surface area contributed by atoms with Crippen molar-refractivity contribution in [2.75, 3.05) is 18.5 Å². The number of hydrogen-bond donors (Lipinski definition) is 3. The maximum atomic E-state index is 11.9. The molecule has 1 saturated carbocycles. The summed E-state index contributed by atoms with van der Waals surface area (Å²) in [7, 11) is 0. The van der Waals surface area contributed by atoms with Crippen LogP contribution in [0.25, 0.3) is 0 Å². The van der Waals surface area contributed by atoms with E-state index in [1.165, 1.54) is 6.92 Å². The monoisotopic (exact) mass is 290 g/mol. The number of rotatable bonds is 5. The molecule has 0 radical (unpaired) electrons. The van der Waals surface area contributed by atoms with Gasteiger partial charge in [0, 0.05) is 23.2 Å². The number of ketones is 1. The fraction of sp³-hybridized carbons (Fsp3) is 0.500. The first kappa shape index (κ1) is 15.5. The maximum Gasteiger partial charge on any atom is 0.319 e. The van der Waals surface area contributed by atoms with Crippen molar-refractivity contribution in [3.05, 3.63) is 29.8 Å². The Balaban J connectivity index is 1.90. The second kappa shape index (κ2) is 6.72. The molecule has 5 nitrogen and oxygen atoms in total. The highest BCUT2D eigenvalue weighted by molar-refractivity contribution is 5.96. The highest BCUT2D eigenvalue weighted by Crippen LogP contribution is 2.36. The van der Waals surface area contributed by atoms with Crippen LogP contribution in [0.3, 0.4) is 0 Å². The quantitative estimate of drug-likeness (QED) is 0.729. The van der Waals surface area contributed by atoms with Crippen LogP contribution in [0.4, 0.5) is 10.5 Å². The second-order valence-electron chi connectivity index (χ2n) is 5.81. The van der Waals surface area contributed by atoms with Gasteiger partial charge in [-0.05, 0) is 31.9 Å². The van der Waals surface area contributed by atoms with Gasteiger partial charge in [-0.25, -0.2) is 4.79 Å². The Morgan fingerprint density at radius 3 is 2.62 bits per heavy atom. The van der Waals surface area contributed by atoms with Gasteiger partial charge in [-0.3, -0.25) is 4.79 Å². The first-order valence-corrected chi connectivity index (χ1v) is 7.31. The van der Waals surface area contributed by atoms with Crippen molar-refractivity contribution in [2.45, 2.75) is 32.6 Å². The van der Waals surface area contributed by atoms with Crippen molar-refractivity contribution in [3.63, 3.8) is 0 Å². The zero-order valence-electron chi connectivity index (χ0n) is 12.3. The molecule has 0 aromatic heterocycles. The molecular formula is C16H22N2O3. The van der Waals surface area contributed by atoms with Gasteiger partial charge in [0.15, 0.2) is 5.78 Å². The summed E-state index contributed by atoms with van der Waals surface area (Å²) in [6.45, 7) is 2.07. The molecule has 1 aliphatic carbocycles. The lowest BCUT2D eigenvalue weighted by Gasteiger charge is -2.26. The molecule has 1 aliphatic rings. The van der Waals surface area contributed by atoms with E-state index >= 15 is 0 Å². The maximum absolute atomic E-state index is 11.9. The van der Waals surface area contributed by atoms with E-state index in [4.69, 9.17) is 0 Å². The minimum absolute atomic E-state index is 0.0377.